The molecule has 1 saturated carbocycles. The van der Waals surface area contributed by atoms with Gasteiger partial charge in [0.15, 0.2) is 0 Å². The third-order valence-electron chi connectivity index (χ3n) is 4.35. The minimum Gasteiger partial charge on any atom is -0.481 e. The summed E-state index contributed by atoms with van der Waals surface area (Å²) in [5.74, 6) is -1.02. The van der Waals surface area contributed by atoms with Crippen molar-refractivity contribution in [1.82, 2.24) is 5.32 Å². The van der Waals surface area contributed by atoms with E-state index in [1.807, 2.05) is 6.92 Å². The van der Waals surface area contributed by atoms with Crippen LogP contribution in [-0.2, 0) is 14.3 Å². The van der Waals surface area contributed by atoms with Gasteiger partial charge < -0.3 is 15.2 Å². The monoisotopic (exact) mass is 299 g/mol. The summed E-state index contributed by atoms with van der Waals surface area (Å²) in [6, 6.07) is 0. The van der Waals surface area contributed by atoms with E-state index < -0.39 is 23.5 Å². The van der Waals surface area contributed by atoms with Crippen LogP contribution in [-0.4, -0.2) is 35.2 Å². The zero-order valence-electron chi connectivity index (χ0n) is 13.6. The first-order valence-electron chi connectivity index (χ1n) is 7.92. The van der Waals surface area contributed by atoms with E-state index in [9.17, 15) is 14.7 Å². The van der Waals surface area contributed by atoms with E-state index in [1.165, 1.54) is 0 Å². The first-order valence-corrected chi connectivity index (χ1v) is 7.92. The van der Waals surface area contributed by atoms with Crippen LogP contribution in [0.4, 0.5) is 0 Å². The van der Waals surface area contributed by atoms with Crippen LogP contribution in [0, 0.1) is 11.8 Å². The molecule has 0 radical (unpaired) electrons. The molecular weight excluding hydrogens is 270 g/mol. The Bertz CT molecular complexity index is 369. The van der Waals surface area contributed by atoms with E-state index in [0.717, 1.165) is 19.3 Å². The summed E-state index contributed by atoms with van der Waals surface area (Å²) < 4.78 is 5.54. The molecule has 3 atom stereocenters. The highest BCUT2D eigenvalue weighted by Gasteiger charge is 2.42. The van der Waals surface area contributed by atoms with Crippen LogP contribution in [0.2, 0.25) is 0 Å². The molecule has 5 nitrogen and oxygen atoms in total. The molecule has 0 saturated heterocycles. The summed E-state index contributed by atoms with van der Waals surface area (Å²) in [5.41, 5.74) is -0.670. The Labute approximate surface area is 127 Å². The third-order valence-corrected chi connectivity index (χ3v) is 4.35. The van der Waals surface area contributed by atoms with Crippen molar-refractivity contribution in [3.05, 3.63) is 0 Å². The van der Waals surface area contributed by atoms with Gasteiger partial charge in [-0.25, -0.2) is 0 Å². The smallest absolute Gasteiger partial charge is 0.308 e. The van der Waals surface area contributed by atoms with E-state index in [0.29, 0.717) is 25.4 Å². The number of carbonyl (C=O) groups excluding carboxylic acids is 1. The van der Waals surface area contributed by atoms with Gasteiger partial charge in [0.25, 0.3) is 0 Å². The van der Waals surface area contributed by atoms with Crippen molar-refractivity contribution >= 4 is 11.9 Å². The number of carboxylic acids is 1. The van der Waals surface area contributed by atoms with E-state index >= 15 is 0 Å². The predicted molar refractivity (Wildman–Crippen MR) is 81.0 cm³/mol. The molecule has 0 aromatic rings. The van der Waals surface area contributed by atoms with E-state index in [-0.39, 0.29) is 5.91 Å². The molecule has 1 aliphatic rings. The minimum absolute atomic E-state index is 0.214. The number of ether oxygens (including phenoxy) is 1. The van der Waals surface area contributed by atoms with Crippen molar-refractivity contribution < 1.29 is 19.4 Å². The Balaban J connectivity index is 2.56. The molecule has 0 aromatic carbocycles. The molecule has 122 valence electrons. The summed E-state index contributed by atoms with van der Waals surface area (Å²) >= 11 is 0. The summed E-state index contributed by atoms with van der Waals surface area (Å²) in [6.07, 6.45) is 3.54. The number of hydrogen-bond acceptors (Lipinski definition) is 3. The molecule has 0 aliphatic heterocycles. The number of amides is 1. The van der Waals surface area contributed by atoms with Crippen molar-refractivity contribution in [3.63, 3.8) is 0 Å². The highest BCUT2D eigenvalue weighted by molar-refractivity contribution is 5.82. The van der Waals surface area contributed by atoms with Gasteiger partial charge in [-0.15, -0.1) is 0 Å². The average Bonchev–Trinajstić information content (AvgIpc) is 2.37. The van der Waals surface area contributed by atoms with Crippen molar-refractivity contribution in [1.29, 1.82) is 0 Å². The lowest BCUT2D eigenvalue weighted by atomic mass is 9.74. The number of aliphatic carboxylic acids is 1. The Morgan fingerprint density at radius 2 is 2.00 bits per heavy atom. The Morgan fingerprint density at radius 3 is 2.57 bits per heavy atom. The van der Waals surface area contributed by atoms with Gasteiger partial charge in [0, 0.05) is 6.61 Å². The fourth-order valence-corrected chi connectivity index (χ4v) is 2.82. The molecule has 0 bridgehead atoms. The molecule has 1 fully saturated rings. The number of nitrogens with one attached hydrogen (secondary N) is 1. The van der Waals surface area contributed by atoms with Crippen molar-refractivity contribution in [2.75, 3.05) is 6.61 Å². The van der Waals surface area contributed by atoms with Crippen LogP contribution in [0.1, 0.15) is 59.8 Å². The van der Waals surface area contributed by atoms with Crippen LogP contribution >= 0.6 is 0 Å². The largest absolute Gasteiger partial charge is 0.481 e. The average molecular weight is 299 g/mol. The van der Waals surface area contributed by atoms with Crippen LogP contribution < -0.4 is 5.32 Å². The Hall–Kier alpha value is -1.10. The van der Waals surface area contributed by atoms with E-state index in [1.54, 1.807) is 6.92 Å². The molecule has 5 heteroatoms. The molecule has 3 unspecified atom stereocenters. The second-order valence-electron chi connectivity index (χ2n) is 6.74. The molecule has 1 amide bonds. The maximum Gasteiger partial charge on any atom is 0.308 e. The number of hydrogen-bond donors (Lipinski definition) is 2. The summed E-state index contributed by atoms with van der Waals surface area (Å²) in [5, 5.41) is 12.3. The van der Waals surface area contributed by atoms with Crippen LogP contribution in [0.5, 0.6) is 0 Å². The van der Waals surface area contributed by atoms with Crippen LogP contribution in [0.3, 0.4) is 0 Å². The number of carbonyl (C=O) groups is 2. The minimum atomic E-state index is -0.828. The summed E-state index contributed by atoms with van der Waals surface area (Å²) in [4.78, 5) is 23.6. The zero-order chi connectivity index (χ0) is 16.0. The zero-order valence-corrected chi connectivity index (χ0v) is 13.6. The Kier molecular flexibility index (Phi) is 6.65. The highest BCUT2D eigenvalue weighted by atomic mass is 16.5. The van der Waals surface area contributed by atoms with Gasteiger partial charge >= 0.3 is 5.97 Å². The second kappa shape index (κ2) is 7.78. The SMILES string of the molecule is CC(C)CCOC(C)C(=O)NC1(C)CCCCC1C(=O)O. The van der Waals surface area contributed by atoms with Crippen LogP contribution in [0.15, 0.2) is 0 Å². The molecule has 21 heavy (non-hydrogen) atoms. The van der Waals surface area contributed by atoms with Crippen molar-refractivity contribution in [2.24, 2.45) is 11.8 Å². The summed E-state index contributed by atoms with van der Waals surface area (Å²) in [7, 11) is 0. The number of carboxylic acid groups (broad SMARTS) is 1. The van der Waals surface area contributed by atoms with Crippen molar-refractivity contribution in [3.8, 4) is 0 Å². The molecule has 0 heterocycles. The van der Waals surface area contributed by atoms with Crippen LogP contribution in [0.25, 0.3) is 0 Å². The topological polar surface area (TPSA) is 75.6 Å². The lowest BCUT2D eigenvalue weighted by Crippen LogP contribution is -2.57. The molecule has 0 spiro atoms. The van der Waals surface area contributed by atoms with Gasteiger partial charge in [0.1, 0.15) is 6.10 Å². The van der Waals surface area contributed by atoms with E-state index in [2.05, 4.69) is 19.2 Å². The first-order chi connectivity index (χ1) is 9.76. The first kappa shape index (κ1) is 18.0. The standard InChI is InChI=1S/C16H29NO4/c1-11(2)8-10-21-12(3)14(18)17-16(4)9-6-5-7-13(16)15(19)20/h11-13H,5-10H2,1-4H3,(H,17,18)(H,19,20). The van der Waals surface area contributed by atoms with Gasteiger partial charge in [-0.2, -0.15) is 0 Å². The maximum atomic E-state index is 12.2. The third kappa shape index (κ3) is 5.30. The molecule has 0 aromatic heterocycles. The van der Waals surface area contributed by atoms with Gasteiger partial charge in [0.2, 0.25) is 5.91 Å². The lowest BCUT2D eigenvalue weighted by Gasteiger charge is -2.40. The maximum absolute atomic E-state index is 12.2. The molecular formula is C16H29NO4. The predicted octanol–water partition coefficient (Wildman–Crippen LogP) is 2.59. The van der Waals surface area contributed by atoms with Gasteiger partial charge in [-0.1, -0.05) is 26.7 Å². The normalized spacial score (nSPS) is 27.4. The lowest BCUT2D eigenvalue weighted by molar-refractivity contribution is -0.148. The Morgan fingerprint density at radius 1 is 1.33 bits per heavy atom. The quantitative estimate of drug-likeness (QED) is 0.757. The second-order valence-corrected chi connectivity index (χ2v) is 6.74. The van der Waals surface area contributed by atoms with Gasteiger partial charge in [-0.05, 0) is 39.0 Å². The fraction of sp³-hybridized carbons (Fsp3) is 0.875. The summed E-state index contributed by atoms with van der Waals surface area (Å²) in [6.45, 7) is 8.32. The molecule has 1 rings (SSSR count). The molecule has 1 aliphatic carbocycles. The number of rotatable bonds is 7. The van der Waals surface area contributed by atoms with Gasteiger partial charge in [-0.3, -0.25) is 9.59 Å². The van der Waals surface area contributed by atoms with Crippen molar-refractivity contribution in [2.45, 2.75) is 71.4 Å². The van der Waals surface area contributed by atoms with Gasteiger partial charge in [0.05, 0.1) is 11.5 Å². The van der Waals surface area contributed by atoms with E-state index in [4.69, 9.17) is 4.74 Å². The molecule has 2 N–H and O–H groups in total. The highest BCUT2D eigenvalue weighted by Crippen LogP contribution is 2.33. The fourth-order valence-electron chi connectivity index (χ4n) is 2.82.